The number of carbonyl (C=O) groups excluding carboxylic acids is 2. The van der Waals surface area contributed by atoms with Gasteiger partial charge in [0.15, 0.2) is 0 Å². The van der Waals surface area contributed by atoms with Crippen molar-refractivity contribution >= 4 is 11.8 Å². The van der Waals surface area contributed by atoms with E-state index in [2.05, 4.69) is 15.5 Å². The van der Waals surface area contributed by atoms with Gasteiger partial charge in [-0.15, -0.1) is 0 Å². The number of likely N-dealkylation sites (N-methyl/N-ethyl adjacent to an activating group) is 1. The molecule has 2 N–H and O–H groups in total. The molecule has 104 valence electrons. The van der Waals surface area contributed by atoms with Gasteiger partial charge in [0.05, 0.1) is 12.5 Å². The summed E-state index contributed by atoms with van der Waals surface area (Å²) in [5.74, 6) is 0.000437. The van der Waals surface area contributed by atoms with Gasteiger partial charge in [-0.2, -0.15) is 0 Å². The van der Waals surface area contributed by atoms with E-state index < -0.39 is 0 Å². The summed E-state index contributed by atoms with van der Waals surface area (Å²) in [5.41, 5.74) is 0. The number of hydrogen-bond acceptors (Lipinski definition) is 4. The van der Waals surface area contributed by atoms with Gasteiger partial charge in [-0.3, -0.25) is 9.59 Å². The second kappa shape index (κ2) is 8.05. The minimum Gasteiger partial charge on any atom is -0.383 e. The van der Waals surface area contributed by atoms with E-state index >= 15 is 0 Å². The number of rotatable bonds is 7. The van der Waals surface area contributed by atoms with Crippen LogP contribution < -0.4 is 10.6 Å². The minimum atomic E-state index is -0.0769. The van der Waals surface area contributed by atoms with Crippen LogP contribution in [0.1, 0.15) is 12.8 Å². The van der Waals surface area contributed by atoms with Gasteiger partial charge in [0.1, 0.15) is 0 Å². The van der Waals surface area contributed by atoms with E-state index in [1.54, 1.807) is 7.11 Å². The number of methoxy groups -OCH3 is 1. The molecule has 1 fully saturated rings. The molecule has 0 aromatic rings. The molecule has 0 aromatic heterocycles. The fourth-order valence-corrected chi connectivity index (χ4v) is 1.83. The molecule has 1 saturated heterocycles. The summed E-state index contributed by atoms with van der Waals surface area (Å²) in [6.07, 6.45) is 1.10. The molecular weight excluding hydrogens is 234 g/mol. The standard InChI is InChI=1S/C12H23N3O3/c1-15(7-8-18-2)6-5-13-12(17)10-3-4-11(16)14-9-10/h10H,3-9H2,1-2H3,(H,13,17)(H,14,16). The van der Waals surface area contributed by atoms with Crippen LogP contribution in [0.3, 0.4) is 0 Å². The van der Waals surface area contributed by atoms with E-state index in [-0.39, 0.29) is 17.7 Å². The first-order chi connectivity index (χ1) is 8.63. The lowest BCUT2D eigenvalue weighted by molar-refractivity contribution is -0.128. The molecule has 2 amide bonds. The number of amides is 2. The second-order valence-electron chi connectivity index (χ2n) is 4.63. The van der Waals surface area contributed by atoms with Gasteiger partial charge in [-0.25, -0.2) is 0 Å². The molecule has 1 aliphatic heterocycles. The molecule has 1 rings (SSSR count). The van der Waals surface area contributed by atoms with E-state index in [9.17, 15) is 9.59 Å². The zero-order chi connectivity index (χ0) is 13.4. The first-order valence-corrected chi connectivity index (χ1v) is 6.35. The van der Waals surface area contributed by atoms with Crippen LogP contribution in [-0.4, -0.2) is 63.7 Å². The molecule has 0 bridgehead atoms. The van der Waals surface area contributed by atoms with Crippen LogP contribution in [0.4, 0.5) is 0 Å². The maximum Gasteiger partial charge on any atom is 0.224 e. The van der Waals surface area contributed by atoms with Crippen LogP contribution >= 0.6 is 0 Å². The molecule has 0 aliphatic carbocycles. The zero-order valence-electron chi connectivity index (χ0n) is 11.2. The van der Waals surface area contributed by atoms with Gasteiger partial charge in [0.25, 0.3) is 0 Å². The average molecular weight is 257 g/mol. The predicted molar refractivity (Wildman–Crippen MR) is 68.1 cm³/mol. The highest BCUT2D eigenvalue weighted by molar-refractivity contribution is 5.83. The summed E-state index contributed by atoms with van der Waals surface area (Å²) < 4.78 is 4.98. The van der Waals surface area contributed by atoms with Crippen LogP contribution in [0.25, 0.3) is 0 Å². The summed E-state index contributed by atoms with van der Waals surface area (Å²) in [6, 6.07) is 0. The Morgan fingerprint density at radius 2 is 2.33 bits per heavy atom. The number of nitrogens with zero attached hydrogens (tertiary/aromatic N) is 1. The molecule has 0 spiro atoms. The number of hydrogen-bond donors (Lipinski definition) is 2. The van der Waals surface area contributed by atoms with Gasteiger partial charge < -0.3 is 20.3 Å². The first-order valence-electron chi connectivity index (χ1n) is 6.35. The van der Waals surface area contributed by atoms with Gasteiger partial charge in [-0.1, -0.05) is 0 Å². The Hall–Kier alpha value is -1.14. The van der Waals surface area contributed by atoms with Crippen molar-refractivity contribution < 1.29 is 14.3 Å². The summed E-state index contributed by atoms with van der Waals surface area (Å²) in [6.45, 7) is 3.44. The van der Waals surface area contributed by atoms with Gasteiger partial charge in [0.2, 0.25) is 11.8 Å². The molecule has 1 aliphatic rings. The largest absolute Gasteiger partial charge is 0.383 e. The molecular formula is C12H23N3O3. The highest BCUT2D eigenvalue weighted by Gasteiger charge is 2.23. The van der Waals surface area contributed by atoms with Crippen molar-refractivity contribution in [3.05, 3.63) is 0 Å². The van der Waals surface area contributed by atoms with Crippen LogP contribution in [0.5, 0.6) is 0 Å². The summed E-state index contributed by atoms with van der Waals surface area (Å²) in [5, 5.41) is 5.62. The van der Waals surface area contributed by atoms with Crippen molar-refractivity contribution in [2.75, 3.05) is 46.9 Å². The number of carbonyl (C=O) groups is 2. The minimum absolute atomic E-state index is 0.0372. The van der Waals surface area contributed by atoms with Crippen molar-refractivity contribution in [1.82, 2.24) is 15.5 Å². The maximum atomic E-state index is 11.8. The molecule has 0 aromatic carbocycles. The smallest absolute Gasteiger partial charge is 0.224 e. The Morgan fingerprint density at radius 3 is 2.94 bits per heavy atom. The van der Waals surface area contributed by atoms with E-state index in [1.165, 1.54) is 0 Å². The van der Waals surface area contributed by atoms with E-state index in [4.69, 9.17) is 4.74 Å². The van der Waals surface area contributed by atoms with Crippen molar-refractivity contribution in [3.8, 4) is 0 Å². The Bertz CT molecular complexity index is 274. The summed E-state index contributed by atoms with van der Waals surface area (Å²) in [4.78, 5) is 24.9. The molecule has 0 radical (unpaired) electrons. The lowest BCUT2D eigenvalue weighted by Gasteiger charge is -2.22. The Kier molecular flexibility index (Phi) is 6.67. The molecule has 1 atom stereocenters. The van der Waals surface area contributed by atoms with Crippen molar-refractivity contribution in [2.45, 2.75) is 12.8 Å². The van der Waals surface area contributed by atoms with Gasteiger partial charge in [-0.05, 0) is 13.5 Å². The molecule has 6 nitrogen and oxygen atoms in total. The lowest BCUT2D eigenvalue weighted by atomic mass is 9.98. The zero-order valence-corrected chi connectivity index (χ0v) is 11.2. The topological polar surface area (TPSA) is 70.7 Å². The number of nitrogens with one attached hydrogen (secondary N) is 2. The first kappa shape index (κ1) is 14.9. The Morgan fingerprint density at radius 1 is 1.56 bits per heavy atom. The second-order valence-corrected chi connectivity index (χ2v) is 4.63. The van der Waals surface area contributed by atoms with Crippen molar-refractivity contribution in [2.24, 2.45) is 5.92 Å². The molecule has 1 unspecified atom stereocenters. The van der Waals surface area contributed by atoms with Crippen LogP contribution in [0.15, 0.2) is 0 Å². The number of piperidine rings is 1. The van der Waals surface area contributed by atoms with E-state index in [0.717, 1.165) is 13.1 Å². The lowest BCUT2D eigenvalue weighted by Crippen LogP contribution is -2.44. The van der Waals surface area contributed by atoms with Gasteiger partial charge in [0, 0.05) is 39.7 Å². The van der Waals surface area contributed by atoms with Crippen molar-refractivity contribution in [1.29, 1.82) is 0 Å². The van der Waals surface area contributed by atoms with E-state index in [1.807, 2.05) is 7.05 Å². The molecule has 0 saturated carbocycles. The third-order valence-electron chi connectivity index (χ3n) is 3.11. The molecule has 1 heterocycles. The van der Waals surface area contributed by atoms with Crippen LogP contribution in [-0.2, 0) is 14.3 Å². The highest BCUT2D eigenvalue weighted by Crippen LogP contribution is 2.10. The summed E-state index contributed by atoms with van der Waals surface area (Å²) in [7, 11) is 3.67. The molecule has 6 heteroatoms. The fraction of sp³-hybridized carbons (Fsp3) is 0.833. The maximum absolute atomic E-state index is 11.8. The third-order valence-corrected chi connectivity index (χ3v) is 3.11. The fourth-order valence-electron chi connectivity index (χ4n) is 1.83. The summed E-state index contributed by atoms with van der Waals surface area (Å²) >= 11 is 0. The molecule has 18 heavy (non-hydrogen) atoms. The SMILES string of the molecule is COCCN(C)CCNC(=O)C1CCC(=O)NC1. The highest BCUT2D eigenvalue weighted by atomic mass is 16.5. The normalized spacial score (nSPS) is 19.7. The monoisotopic (exact) mass is 257 g/mol. The predicted octanol–water partition coefficient (Wildman–Crippen LogP) is -0.793. The van der Waals surface area contributed by atoms with Crippen molar-refractivity contribution in [3.63, 3.8) is 0 Å². The van der Waals surface area contributed by atoms with E-state index in [0.29, 0.717) is 32.5 Å². The Balaban J connectivity index is 2.11. The van der Waals surface area contributed by atoms with Crippen LogP contribution in [0.2, 0.25) is 0 Å². The number of ether oxygens (including phenoxy) is 1. The Labute approximate surface area is 108 Å². The third kappa shape index (κ3) is 5.46. The average Bonchev–Trinajstić information content (AvgIpc) is 2.37. The van der Waals surface area contributed by atoms with Crippen LogP contribution in [0, 0.1) is 5.92 Å². The van der Waals surface area contributed by atoms with Gasteiger partial charge >= 0.3 is 0 Å². The quantitative estimate of drug-likeness (QED) is 0.627.